The molecule has 1 aliphatic heterocycles. The molecule has 1 saturated heterocycles. The van der Waals surface area contributed by atoms with Gasteiger partial charge in [0.05, 0.1) is 11.7 Å². The van der Waals surface area contributed by atoms with Gasteiger partial charge in [0.1, 0.15) is 0 Å². The fourth-order valence-corrected chi connectivity index (χ4v) is 2.07. The molecule has 1 fully saturated rings. The van der Waals surface area contributed by atoms with E-state index in [1.165, 1.54) is 17.0 Å². The lowest BCUT2D eigenvalue weighted by Crippen LogP contribution is -2.44. The summed E-state index contributed by atoms with van der Waals surface area (Å²) in [7, 11) is 0. The molecule has 6 nitrogen and oxygen atoms in total. The molecule has 3 N–H and O–H groups in total. The zero-order valence-electron chi connectivity index (χ0n) is 10.4. The van der Waals surface area contributed by atoms with Gasteiger partial charge >= 0.3 is 12.0 Å². The number of carbonyl (C=O) groups is 2. The third-order valence-electron chi connectivity index (χ3n) is 3.04. The van der Waals surface area contributed by atoms with Crippen LogP contribution in [0.1, 0.15) is 23.2 Å². The van der Waals surface area contributed by atoms with Crippen LogP contribution in [0.25, 0.3) is 0 Å². The van der Waals surface area contributed by atoms with Crippen molar-refractivity contribution < 1.29 is 19.8 Å². The molecule has 0 radical (unpaired) electrons. The lowest BCUT2D eigenvalue weighted by molar-refractivity contribution is 0.0697. The van der Waals surface area contributed by atoms with Gasteiger partial charge in [0.2, 0.25) is 0 Å². The minimum atomic E-state index is -1.04. The molecular weight excluding hydrogens is 248 g/mol. The van der Waals surface area contributed by atoms with E-state index in [1.807, 2.05) is 0 Å². The highest BCUT2D eigenvalue weighted by atomic mass is 16.4. The van der Waals surface area contributed by atoms with E-state index >= 15 is 0 Å². The summed E-state index contributed by atoms with van der Waals surface area (Å²) in [4.78, 5) is 24.3. The molecule has 0 spiro atoms. The summed E-state index contributed by atoms with van der Waals surface area (Å²) in [5, 5.41) is 21.0. The minimum Gasteiger partial charge on any atom is -0.478 e. The summed E-state index contributed by atoms with van der Waals surface area (Å²) in [5.74, 6) is -1.04. The average Bonchev–Trinajstić information content (AvgIpc) is 2.39. The fraction of sp³-hybridized carbons (Fsp3) is 0.385. The molecule has 1 heterocycles. The van der Waals surface area contributed by atoms with Crippen LogP contribution < -0.4 is 5.32 Å². The molecule has 1 atom stereocenters. The van der Waals surface area contributed by atoms with Crippen LogP contribution in [-0.4, -0.2) is 46.3 Å². The SMILES string of the molecule is O=C(O)c1cccc(NC(=O)N2CCCC(O)C2)c1. The number of anilines is 1. The first-order valence-corrected chi connectivity index (χ1v) is 6.13. The number of carboxylic acid groups (broad SMARTS) is 1. The number of aromatic carboxylic acids is 1. The fourth-order valence-electron chi connectivity index (χ4n) is 2.07. The van der Waals surface area contributed by atoms with Crippen molar-refractivity contribution in [3.05, 3.63) is 29.8 Å². The Balaban J connectivity index is 2.02. The molecule has 1 aromatic carbocycles. The molecule has 1 aliphatic rings. The summed E-state index contributed by atoms with van der Waals surface area (Å²) >= 11 is 0. The molecule has 0 aliphatic carbocycles. The number of β-amino-alcohol motifs (C(OH)–C–C–N with tert-alkyl or cyclic N) is 1. The number of hydrogen-bond donors (Lipinski definition) is 3. The van der Waals surface area contributed by atoms with Gasteiger partial charge in [-0.15, -0.1) is 0 Å². The van der Waals surface area contributed by atoms with Gasteiger partial charge in [-0.1, -0.05) is 6.07 Å². The van der Waals surface area contributed by atoms with Crippen LogP contribution in [-0.2, 0) is 0 Å². The van der Waals surface area contributed by atoms with Crippen LogP contribution in [0.4, 0.5) is 10.5 Å². The number of rotatable bonds is 2. The maximum absolute atomic E-state index is 12.0. The maximum atomic E-state index is 12.0. The van der Waals surface area contributed by atoms with Crippen molar-refractivity contribution in [1.82, 2.24) is 4.90 Å². The number of nitrogens with one attached hydrogen (secondary N) is 1. The Bertz CT molecular complexity index is 489. The number of nitrogens with zero attached hydrogens (tertiary/aromatic N) is 1. The monoisotopic (exact) mass is 264 g/mol. The normalized spacial score (nSPS) is 19.0. The van der Waals surface area contributed by atoms with Gasteiger partial charge in [-0.25, -0.2) is 9.59 Å². The van der Waals surface area contributed by atoms with E-state index in [9.17, 15) is 14.7 Å². The number of amides is 2. The zero-order valence-corrected chi connectivity index (χ0v) is 10.4. The van der Waals surface area contributed by atoms with Crippen molar-refractivity contribution in [2.45, 2.75) is 18.9 Å². The van der Waals surface area contributed by atoms with E-state index < -0.39 is 12.1 Å². The Kier molecular flexibility index (Phi) is 4.01. The van der Waals surface area contributed by atoms with Gasteiger partial charge < -0.3 is 20.4 Å². The summed E-state index contributed by atoms with van der Waals surface area (Å²) in [6, 6.07) is 5.75. The van der Waals surface area contributed by atoms with Crippen LogP contribution in [0.5, 0.6) is 0 Å². The summed E-state index contributed by atoms with van der Waals surface area (Å²) < 4.78 is 0. The smallest absolute Gasteiger partial charge is 0.335 e. The Morgan fingerprint density at radius 1 is 1.37 bits per heavy atom. The number of hydrogen-bond acceptors (Lipinski definition) is 3. The number of likely N-dealkylation sites (tertiary alicyclic amines) is 1. The Morgan fingerprint density at radius 3 is 2.84 bits per heavy atom. The number of benzene rings is 1. The number of carboxylic acids is 1. The largest absolute Gasteiger partial charge is 0.478 e. The van der Waals surface area contributed by atoms with Crippen LogP contribution in [0.3, 0.4) is 0 Å². The second kappa shape index (κ2) is 5.71. The van der Waals surface area contributed by atoms with Crippen molar-refractivity contribution in [3.63, 3.8) is 0 Å². The highest BCUT2D eigenvalue weighted by Crippen LogP contribution is 2.14. The molecular formula is C13H16N2O4. The lowest BCUT2D eigenvalue weighted by atomic mass is 10.1. The number of carbonyl (C=O) groups excluding carboxylic acids is 1. The molecule has 0 saturated carbocycles. The first-order chi connectivity index (χ1) is 9.06. The van der Waals surface area contributed by atoms with E-state index in [-0.39, 0.29) is 11.6 Å². The summed E-state index contributed by atoms with van der Waals surface area (Å²) in [6.07, 6.45) is 0.993. The summed E-state index contributed by atoms with van der Waals surface area (Å²) in [6.45, 7) is 0.909. The molecule has 6 heteroatoms. The predicted molar refractivity (Wildman–Crippen MR) is 69.2 cm³/mol. The number of urea groups is 1. The molecule has 1 unspecified atom stereocenters. The van der Waals surface area contributed by atoms with Gasteiger partial charge in [0, 0.05) is 18.8 Å². The number of aliphatic hydroxyl groups is 1. The van der Waals surface area contributed by atoms with E-state index in [0.717, 1.165) is 6.42 Å². The molecule has 19 heavy (non-hydrogen) atoms. The van der Waals surface area contributed by atoms with Gasteiger partial charge in [-0.05, 0) is 31.0 Å². The first kappa shape index (κ1) is 13.4. The van der Waals surface area contributed by atoms with Gasteiger partial charge in [-0.2, -0.15) is 0 Å². The van der Waals surface area contributed by atoms with Crippen molar-refractivity contribution >= 4 is 17.7 Å². The molecule has 1 aromatic rings. The Labute approximate surface area is 110 Å². The van der Waals surface area contributed by atoms with Crippen molar-refractivity contribution in [2.75, 3.05) is 18.4 Å². The molecule has 2 amide bonds. The second-order valence-corrected chi connectivity index (χ2v) is 4.56. The topological polar surface area (TPSA) is 89.9 Å². The molecule has 2 rings (SSSR count). The zero-order chi connectivity index (χ0) is 13.8. The van der Waals surface area contributed by atoms with E-state index in [0.29, 0.717) is 25.2 Å². The highest BCUT2D eigenvalue weighted by Gasteiger charge is 2.22. The molecule has 0 bridgehead atoms. The number of aliphatic hydroxyl groups excluding tert-OH is 1. The third kappa shape index (κ3) is 3.45. The van der Waals surface area contributed by atoms with Gasteiger partial charge in [-0.3, -0.25) is 0 Å². The predicted octanol–water partition coefficient (Wildman–Crippen LogP) is 1.37. The molecule has 0 aromatic heterocycles. The van der Waals surface area contributed by atoms with Crippen molar-refractivity contribution in [3.8, 4) is 0 Å². The summed E-state index contributed by atoms with van der Waals surface area (Å²) in [5.41, 5.74) is 0.557. The Hall–Kier alpha value is -2.08. The quantitative estimate of drug-likeness (QED) is 0.752. The number of piperidine rings is 1. The van der Waals surface area contributed by atoms with Gasteiger partial charge in [0.25, 0.3) is 0 Å². The van der Waals surface area contributed by atoms with E-state index in [2.05, 4.69) is 5.32 Å². The average molecular weight is 264 g/mol. The van der Waals surface area contributed by atoms with E-state index in [1.54, 1.807) is 12.1 Å². The van der Waals surface area contributed by atoms with Gasteiger partial charge in [0.15, 0.2) is 0 Å². The standard InChI is InChI=1S/C13H16N2O4/c16-11-5-2-6-15(8-11)13(19)14-10-4-1-3-9(7-10)12(17)18/h1,3-4,7,11,16H,2,5-6,8H2,(H,14,19)(H,17,18). The van der Waals surface area contributed by atoms with Crippen LogP contribution in [0.15, 0.2) is 24.3 Å². The van der Waals surface area contributed by atoms with Crippen molar-refractivity contribution in [2.24, 2.45) is 0 Å². The van der Waals surface area contributed by atoms with E-state index in [4.69, 9.17) is 5.11 Å². The minimum absolute atomic E-state index is 0.122. The third-order valence-corrected chi connectivity index (χ3v) is 3.04. The van der Waals surface area contributed by atoms with Crippen LogP contribution in [0, 0.1) is 0 Å². The van der Waals surface area contributed by atoms with Crippen LogP contribution >= 0.6 is 0 Å². The highest BCUT2D eigenvalue weighted by molar-refractivity contribution is 5.93. The lowest BCUT2D eigenvalue weighted by Gasteiger charge is -2.30. The molecule has 102 valence electrons. The first-order valence-electron chi connectivity index (χ1n) is 6.13. The maximum Gasteiger partial charge on any atom is 0.335 e. The Morgan fingerprint density at radius 2 is 2.16 bits per heavy atom. The van der Waals surface area contributed by atoms with Crippen LogP contribution in [0.2, 0.25) is 0 Å². The van der Waals surface area contributed by atoms with Crippen molar-refractivity contribution in [1.29, 1.82) is 0 Å². The second-order valence-electron chi connectivity index (χ2n) is 4.56.